The highest BCUT2D eigenvalue weighted by Gasteiger charge is 2.11. The Morgan fingerprint density at radius 1 is 1.05 bits per heavy atom. The second kappa shape index (κ2) is 7.97. The summed E-state index contributed by atoms with van der Waals surface area (Å²) in [6.45, 7) is 0. The normalized spacial score (nSPS) is 12.2. The Kier molecular flexibility index (Phi) is 6.27. The van der Waals surface area contributed by atoms with Gasteiger partial charge in [0.2, 0.25) is 0 Å². The van der Waals surface area contributed by atoms with Gasteiger partial charge in [-0.05, 0) is 65.1 Å². The monoisotopic (exact) mass is 411 g/mol. The maximum Gasteiger partial charge on any atom is 0.133 e. The fourth-order valence-electron chi connectivity index (χ4n) is 2.33. The molecule has 0 aliphatic rings. The van der Waals surface area contributed by atoms with Crippen LogP contribution in [-0.4, -0.2) is 20.2 Å². The summed E-state index contributed by atoms with van der Waals surface area (Å²) in [5.74, 6) is 0.866. The van der Waals surface area contributed by atoms with Gasteiger partial charge in [-0.3, -0.25) is 0 Å². The first-order chi connectivity index (χ1) is 10.1. The van der Waals surface area contributed by atoms with Crippen molar-refractivity contribution in [1.29, 1.82) is 0 Å². The van der Waals surface area contributed by atoms with Crippen LogP contribution in [0.1, 0.15) is 11.1 Å². The summed E-state index contributed by atoms with van der Waals surface area (Å²) in [5, 5.41) is 3.41. The summed E-state index contributed by atoms with van der Waals surface area (Å²) in [6, 6.07) is 15.0. The molecule has 2 aromatic carbocycles. The van der Waals surface area contributed by atoms with Crippen LogP contribution in [0.4, 0.5) is 0 Å². The van der Waals surface area contributed by atoms with Crippen molar-refractivity contribution in [2.24, 2.45) is 0 Å². The minimum Gasteiger partial charge on any atom is -0.496 e. The van der Waals surface area contributed by atoms with Gasteiger partial charge in [-0.2, -0.15) is 0 Å². The van der Waals surface area contributed by atoms with Crippen LogP contribution in [0, 0.1) is 0 Å². The summed E-state index contributed by atoms with van der Waals surface area (Å²) in [6.07, 6.45) is 1.96. The first-order valence-electron chi connectivity index (χ1n) is 6.87. The molecule has 0 aliphatic carbocycles. The van der Waals surface area contributed by atoms with E-state index in [2.05, 4.69) is 67.5 Å². The van der Waals surface area contributed by atoms with Crippen LogP contribution in [0.15, 0.2) is 51.4 Å². The summed E-state index contributed by atoms with van der Waals surface area (Å²) < 4.78 is 7.44. The molecule has 2 aromatic rings. The zero-order valence-corrected chi connectivity index (χ0v) is 15.4. The first kappa shape index (κ1) is 16.5. The van der Waals surface area contributed by atoms with E-state index in [0.29, 0.717) is 6.04 Å². The molecule has 4 heteroatoms. The highest BCUT2D eigenvalue weighted by Crippen LogP contribution is 2.26. The molecule has 0 aliphatic heterocycles. The maximum atomic E-state index is 5.27. The van der Waals surface area contributed by atoms with Crippen LogP contribution in [0.5, 0.6) is 5.75 Å². The molecule has 0 saturated carbocycles. The van der Waals surface area contributed by atoms with Crippen molar-refractivity contribution < 1.29 is 4.74 Å². The predicted octanol–water partition coefficient (Wildman–Crippen LogP) is 4.59. The highest BCUT2D eigenvalue weighted by molar-refractivity contribution is 9.10. The van der Waals surface area contributed by atoms with Crippen molar-refractivity contribution in [1.82, 2.24) is 5.32 Å². The Morgan fingerprint density at radius 2 is 1.81 bits per heavy atom. The van der Waals surface area contributed by atoms with Crippen LogP contribution in [0.25, 0.3) is 0 Å². The fraction of sp³-hybridized carbons (Fsp3) is 0.294. The average Bonchev–Trinajstić information content (AvgIpc) is 2.49. The van der Waals surface area contributed by atoms with Gasteiger partial charge in [-0.25, -0.2) is 0 Å². The minimum atomic E-state index is 0.393. The zero-order chi connectivity index (χ0) is 15.2. The molecule has 1 atom stereocenters. The SMILES string of the molecule is CNC(Cc1ccc(OC)c(Br)c1)Cc1ccccc1Br. The minimum absolute atomic E-state index is 0.393. The third-order valence-electron chi connectivity index (χ3n) is 3.53. The maximum absolute atomic E-state index is 5.27. The molecule has 0 amide bonds. The lowest BCUT2D eigenvalue weighted by atomic mass is 9.99. The lowest BCUT2D eigenvalue weighted by Crippen LogP contribution is -2.30. The van der Waals surface area contributed by atoms with Crippen molar-refractivity contribution in [3.8, 4) is 5.75 Å². The number of hydrogen-bond acceptors (Lipinski definition) is 2. The molecule has 2 nitrogen and oxygen atoms in total. The molecular formula is C17H19Br2NO. The number of rotatable bonds is 6. The molecule has 2 rings (SSSR count). The molecule has 112 valence electrons. The second-order valence-electron chi connectivity index (χ2n) is 4.95. The van der Waals surface area contributed by atoms with Gasteiger partial charge >= 0.3 is 0 Å². The molecule has 21 heavy (non-hydrogen) atoms. The Morgan fingerprint density at radius 3 is 2.43 bits per heavy atom. The van der Waals surface area contributed by atoms with Gasteiger partial charge in [0.25, 0.3) is 0 Å². The molecule has 0 radical (unpaired) electrons. The van der Waals surface area contributed by atoms with Crippen LogP contribution < -0.4 is 10.1 Å². The topological polar surface area (TPSA) is 21.3 Å². The van der Waals surface area contributed by atoms with Gasteiger partial charge in [0.1, 0.15) is 5.75 Å². The quantitative estimate of drug-likeness (QED) is 0.748. The molecule has 0 heterocycles. The highest BCUT2D eigenvalue weighted by atomic mass is 79.9. The fourth-order valence-corrected chi connectivity index (χ4v) is 3.36. The Bertz CT molecular complexity index is 601. The van der Waals surface area contributed by atoms with E-state index in [1.165, 1.54) is 15.6 Å². The van der Waals surface area contributed by atoms with Crippen LogP contribution in [-0.2, 0) is 12.8 Å². The molecule has 0 bridgehead atoms. The number of halogens is 2. The van der Waals surface area contributed by atoms with Gasteiger partial charge in [0, 0.05) is 10.5 Å². The molecule has 0 spiro atoms. The van der Waals surface area contributed by atoms with Crippen molar-refractivity contribution in [3.05, 3.63) is 62.5 Å². The number of benzene rings is 2. The van der Waals surface area contributed by atoms with E-state index in [1.807, 2.05) is 19.2 Å². The van der Waals surface area contributed by atoms with E-state index < -0.39 is 0 Å². The first-order valence-corrected chi connectivity index (χ1v) is 8.45. The summed E-state index contributed by atoms with van der Waals surface area (Å²) in [5.41, 5.74) is 2.61. The third kappa shape index (κ3) is 4.56. The lowest BCUT2D eigenvalue weighted by Gasteiger charge is -2.18. The van der Waals surface area contributed by atoms with Gasteiger partial charge in [-0.15, -0.1) is 0 Å². The Labute approximate surface area is 143 Å². The molecule has 0 aromatic heterocycles. The third-order valence-corrected chi connectivity index (χ3v) is 4.92. The van der Waals surface area contributed by atoms with Crippen molar-refractivity contribution in [2.75, 3.05) is 14.2 Å². The van der Waals surface area contributed by atoms with Crippen LogP contribution in [0.2, 0.25) is 0 Å². The summed E-state index contributed by atoms with van der Waals surface area (Å²) in [7, 11) is 3.70. The standard InChI is InChI=1S/C17H19Br2NO/c1-20-14(11-13-5-3-4-6-15(13)18)9-12-7-8-17(21-2)16(19)10-12/h3-8,10,14,20H,9,11H2,1-2H3. The molecular weight excluding hydrogens is 394 g/mol. The van der Waals surface area contributed by atoms with Crippen molar-refractivity contribution in [2.45, 2.75) is 18.9 Å². The van der Waals surface area contributed by atoms with E-state index in [9.17, 15) is 0 Å². The Hall–Kier alpha value is -0.840. The molecule has 0 fully saturated rings. The predicted molar refractivity (Wildman–Crippen MR) is 95.1 cm³/mol. The van der Waals surface area contributed by atoms with Crippen LogP contribution >= 0.6 is 31.9 Å². The van der Waals surface area contributed by atoms with Crippen molar-refractivity contribution in [3.63, 3.8) is 0 Å². The van der Waals surface area contributed by atoms with Gasteiger partial charge < -0.3 is 10.1 Å². The van der Waals surface area contributed by atoms with Crippen LogP contribution in [0.3, 0.4) is 0 Å². The van der Waals surface area contributed by atoms with E-state index in [-0.39, 0.29) is 0 Å². The van der Waals surface area contributed by atoms with Crippen molar-refractivity contribution >= 4 is 31.9 Å². The average molecular weight is 413 g/mol. The number of ether oxygens (including phenoxy) is 1. The Balaban J connectivity index is 2.09. The van der Waals surface area contributed by atoms with Gasteiger partial charge in [0.05, 0.1) is 11.6 Å². The number of likely N-dealkylation sites (N-methyl/N-ethyl adjacent to an activating group) is 1. The van der Waals surface area contributed by atoms with E-state index in [4.69, 9.17) is 4.74 Å². The summed E-state index contributed by atoms with van der Waals surface area (Å²) in [4.78, 5) is 0. The lowest BCUT2D eigenvalue weighted by molar-refractivity contribution is 0.412. The molecule has 0 saturated heterocycles. The number of methoxy groups -OCH3 is 1. The largest absolute Gasteiger partial charge is 0.496 e. The summed E-state index contributed by atoms with van der Waals surface area (Å²) >= 11 is 7.16. The van der Waals surface area contributed by atoms with Gasteiger partial charge in [0.15, 0.2) is 0 Å². The smallest absolute Gasteiger partial charge is 0.133 e. The zero-order valence-electron chi connectivity index (χ0n) is 12.2. The second-order valence-corrected chi connectivity index (χ2v) is 6.66. The number of nitrogens with one attached hydrogen (secondary N) is 1. The van der Waals surface area contributed by atoms with Gasteiger partial charge in [-0.1, -0.05) is 40.2 Å². The van der Waals surface area contributed by atoms with E-state index in [0.717, 1.165) is 23.1 Å². The van der Waals surface area contributed by atoms with E-state index in [1.54, 1.807) is 7.11 Å². The number of hydrogen-bond donors (Lipinski definition) is 1. The van der Waals surface area contributed by atoms with E-state index >= 15 is 0 Å². The molecule has 1 N–H and O–H groups in total. The molecule has 1 unspecified atom stereocenters.